The van der Waals surface area contributed by atoms with Gasteiger partial charge in [0.25, 0.3) is 5.91 Å². The van der Waals surface area contributed by atoms with Crippen molar-refractivity contribution in [3.8, 4) is 5.88 Å². The first kappa shape index (κ1) is 24.1. The predicted molar refractivity (Wildman–Crippen MR) is 137 cm³/mol. The van der Waals surface area contributed by atoms with Crippen molar-refractivity contribution in [2.75, 3.05) is 46.0 Å². The lowest BCUT2D eigenvalue weighted by molar-refractivity contribution is -0.135. The summed E-state index contributed by atoms with van der Waals surface area (Å²) in [7, 11) is 0. The molecule has 0 aromatic carbocycles. The van der Waals surface area contributed by atoms with Gasteiger partial charge in [0.1, 0.15) is 0 Å². The minimum atomic E-state index is -0.0126. The third kappa shape index (κ3) is 4.79. The monoisotopic (exact) mass is 520 g/mol. The number of aromatic amines is 1. The molecule has 7 rings (SSSR count). The number of carbonyl (C=O) groups is 2. The van der Waals surface area contributed by atoms with Crippen molar-refractivity contribution in [2.24, 2.45) is 23.7 Å². The Bertz CT molecular complexity index is 1190. The molecule has 10 heteroatoms. The molecule has 38 heavy (non-hydrogen) atoms. The summed E-state index contributed by atoms with van der Waals surface area (Å²) in [5, 5.41) is 11.0. The molecule has 5 heterocycles. The highest BCUT2D eigenvalue weighted by Crippen LogP contribution is 2.40. The summed E-state index contributed by atoms with van der Waals surface area (Å²) < 4.78 is 11.6. The van der Waals surface area contributed by atoms with E-state index in [0.717, 1.165) is 81.9 Å². The highest BCUT2D eigenvalue weighted by atomic mass is 16.5. The van der Waals surface area contributed by atoms with Crippen LogP contribution < -0.4 is 4.74 Å². The molecule has 10 nitrogen and oxygen atoms in total. The zero-order chi connectivity index (χ0) is 25.6. The molecule has 1 N–H and O–H groups in total. The Morgan fingerprint density at radius 1 is 1.00 bits per heavy atom. The Morgan fingerprint density at radius 3 is 2.53 bits per heavy atom. The number of aryl methyl sites for hydroxylation is 1. The molecule has 202 valence electrons. The largest absolute Gasteiger partial charge is 0.477 e. The van der Waals surface area contributed by atoms with Gasteiger partial charge in [0.15, 0.2) is 0 Å². The van der Waals surface area contributed by atoms with Gasteiger partial charge in [-0.1, -0.05) is 5.21 Å². The van der Waals surface area contributed by atoms with Gasteiger partial charge in [-0.25, -0.2) is 4.98 Å². The Labute approximate surface area is 222 Å². The molecule has 3 atom stereocenters. The molecule has 2 aliphatic carbocycles. The fraction of sp³-hybridized carbons (Fsp3) is 0.679. The van der Waals surface area contributed by atoms with Crippen LogP contribution in [0.5, 0.6) is 5.88 Å². The quantitative estimate of drug-likeness (QED) is 0.621. The topological polar surface area (TPSA) is 114 Å². The van der Waals surface area contributed by atoms with E-state index in [0.29, 0.717) is 61.2 Å². The van der Waals surface area contributed by atoms with Gasteiger partial charge < -0.3 is 19.3 Å². The number of nitrogens with one attached hydrogen (secondary N) is 1. The number of aromatic nitrogens is 4. The van der Waals surface area contributed by atoms with E-state index in [1.54, 1.807) is 0 Å². The summed E-state index contributed by atoms with van der Waals surface area (Å²) in [5.74, 6) is 2.45. The first-order valence-corrected chi connectivity index (χ1v) is 14.3. The number of H-pyrrole nitrogens is 1. The van der Waals surface area contributed by atoms with Crippen LogP contribution in [0.2, 0.25) is 0 Å². The van der Waals surface area contributed by atoms with Crippen molar-refractivity contribution in [3.63, 3.8) is 0 Å². The van der Waals surface area contributed by atoms with Crippen LogP contribution in [0.25, 0.3) is 0 Å². The van der Waals surface area contributed by atoms with E-state index in [1.165, 1.54) is 0 Å². The lowest BCUT2D eigenvalue weighted by atomic mass is 9.89. The minimum absolute atomic E-state index is 0.0126. The van der Waals surface area contributed by atoms with Gasteiger partial charge in [0.05, 0.1) is 18.0 Å². The van der Waals surface area contributed by atoms with Gasteiger partial charge in [0.2, 0.25) is 11.8 Å². The highest BCUT2D eigenvalue weighted by Gasteiger charge is 2.44. The third-order valence-electron chi connectivity index (χ3n) is 9.19. The van der Waals surface area contributed by atoms with Crippen molar-refractivity contribution in [2.45, 2.75) is 50.9 Å². The molecule has 4 fully saturated rings. The molecule has 2 aromatic heterocycles. The summed E-state index contributed by atoms with van der Waals surface area (Å²) in [6.45, 7) is 5.06. The number of amides is 2. The zero-order valence-electron chi connectivity index (χ0n) is 21.8. The number of likely N-dealkylation sites (tertiary alicyclic amines) is 2. The number of carbonyl (C=O) groups excluding carboxylic acids is 2. The maximum atomic E-state index is 13.6. The molecule has 3 aliphatic heterocycles. The van der Waals surface area contributed by atoms with Crippen molar-refractivity contribution in [1.82, 2.24) is 30.2 Å². The van der Waals surface area contributed by atoms with E-state index in [1.807, 2.05) is 21.9 Å². The summed E-state index contributed by atoms with van der Waals surface area (Å²) in [6.07, 6.45) is 6.61. The SMILES string of the molecule is O=C(c1cc(OCC2CCOCC2)nc(C2CC2)c1)N1C[C@@H]2CN(C(=O)C3CCc4[nH]nnc4C3)C[C@H]2C1. The molecule has 2 amide bonds. The first-order chi connectivity index (χ1) is 18.6. The molecule has 0 bridgehead atoms. The van der Waals surface area contributed by atoms with Crippen LogP contribution >= 0.6 is 0 Å². The third-order valence-corrected chi connectivity index (χ3v) is 9.19. The second kappa shape index (κ2) is 9.94. The van der Waals surface area contributed by atoms with Crippen molar-refractivity contribution in [1.29, 1.82) is 0 Å². The molecule has 0 spiro atoms. The number of hydrogen-bond acceptors (Lipinski definition) is 7. The van der Waals surface area contributed by atoms with E-state index >= 15 is 0 Å². The van der Waals surface area contributed by atoms with E-state index in [2.05, 4.69) is 15.4 Å². The van der Waals surface area contributed by atoms with Crippen LogP contribution in [-0.2, 0) is 22.4 Å². The Hall–Kier alpha value is -3.01. The lowest BCUT2D eigenvalue weighted by Crippen LogP contribution is -2.40. The maximum Gasteiger partial charge on any atom is 0.254 e. The Morgan fingerprint density at radius 2 is 1.76 bits per heavy atom. The molecular formula is C28H36N6O4. The van der Waals surface area contributed by atoms with Crippen molar-refractivity contribution >= 4 is 11.8 Å². The number of rotatable bonds is 6. The van der Waals surface area contributed by atoms with Crippen molar-refractivity contribution in [3.05, 3.63) is 34.8 Å². The maximum absolute atomic E-state index is 13.6. The number of pyridine rings is 1. The van der Waals surface area contributed by atoms with Gasteiger partial charge in [-0.3, -0.25) is 14.7 Å². The van der Waals surface area contributed by atoms with E-state index in [-0.39, 0.29) is 17.7 Å². The van der Waals surface area contributed by atoms with Crippen LogP contribution in [0.4, 0.5) is 0 Å². The van der Waals surface area contributed by atoms with E-state index in [4.69, 9.17) is 14.5 Å². The predicted octanol–water partition coefficient (Wildman–Crippen LogP) is 2.22. The van der Waals surface area contributed by atoms with Gasteiger partial charge in [-0.2, -0.15) is 0 Å². The molecule has 5 aliphatic rings. The Kier molecular flexibility index (Phi) is 6.30. The standard InChI is InChI=1S/C28H36N6O4/c35-27(19-3-4-23-25(9-19)31-32-30-23)33-12-21-14-34(15-22(21)13-33)28(36)20-10-24(18-1-2-18)29-26(11-20)38-16-17-5-7-37-8-6-17/h10-11,17-19,21-22H,1-9,12-16H2,(H,30,31,32)/t19?,21-,22-/m0/s1. The smallest absolute Gasteiger partial charge is 0.254 e. The summed E-state index contributed by atoms with van der Waals surface area (Å²) in [4.78, 5) is 35.7. The van der Waals surface area contributed by atoms with Crippen LogP contribution in [0.15, 0.2) is 12.1 Å². The number of hydrogen-bond donors (Lipinski definition) is 1. The normalized spacial score (nSPS) is 27.3. The molecule has 3 saturated heterocycles. The summed E-state index contributed by atoms with van der Waals surface area (Å²) >= 11 is 0. The van der Waals surface area contributed by atoms with Gasteiger partial charge in [-0.05, 0) is 50.5 Å². The lowest BCUT2D eigenvalue weighted by Gasteiger charge is -2.27. The molecule has 1 unspecified atom stereocenters. The second-order valence-electron chi connectivity index (χ2n) is 11.9. The fourth-order valence-electron chi connectivity index (χ4n) is 6.71. The van der Waals surface area contributed by atoms with E-state index in [9.17, 15) is 9.59 Å². The van der Waals surface area contributed by atoms with Gasteiger partial charge in [0, 0.05) is 86.8 Å². The minimum Gasteiger partial charge on any atom is -0.477 e. The molecule has 0 radical (unpaired) electrons. The fourth-order valence-corrected chi connectivity index (χ4v) is 6.71. The summed E-state index contributed by atoms with van der Waals surface area (Å²) in [5.41, 5.74) is 3.67. The van der Waals surface area contributed by atoms with Crippen LogP contribution in [0.1, 0.15) is 65.5 Å². The molecule has 2 aromatic rings. The average molecular weight is 521 g/mol. The van der Waals surface area contributed by atoms with E-state index < -0.39 is 0 Å². The average Bonchev–Trinajstić information content (AvgIpc) is 3.37. The second-order valence-corrected chi connectivity index (χ2v) is 11.9. The highest BCUT2D eigenvalue weighted by molar-refractivity contribution is 5.95. The molecule has 1 saturated carbocycles. The van der Waals surface area contributed by atoms with Crippen LogP contribution in [-0.4, -0.2) is 88.0 Å². The first-order valence-electron chi connectivity index (χ1n) is 14.3. The van der Waals surface area contributed by atoms with Crippen LogP contribution in [0, 0.1) is 23.7 Å². The van der Waals surface area contributed by atoms with Crippen LogP contribution in [0.3, 0.4) is 0 Å². The number of nitrogens with zero attached hydrogens (tertiary/aromatic N) is 5. The Balaban J connectivity index is 0.980. The zero-order valence-corrected chi connectivity index (χ0v) is 21.8. The summed E-state index contributed by atoms with van der Waals surface area (Å²) in [6, 6.07) is 3.81. The number of ether oxygens (including phenoxy) is 2. The van der Waals surface area contributed by atoms with Gasteiger partial charge in [-0.15, -0.1) is 5.10 Å². The van der Waals surface area contributed by atoms with Gasteiger partial charge >= 0.3 is 0 Å². The molecular weight excluding hydrogens is 484 g/mol. The number of fused-ring (bicyclic) bond motifs is 2. The van der Waals surface area contributed by atoms with Crippen molar-refractivity contribution < 1.29 is 19.1 Å².